The highest BCUT2D eigenvalue weighted by atomic mass is 32.1. The Labute approximate surface area is 215 Å². The number of nitrogens with one attached hydrogen (secondary N) is 1. The smallest absolute Gasteiger partial charge is 0.243 e. The van der Waals surface area contributed by atoms with Crippen LogP contribution in [0.25, 0.3) is 10.9 Å². The van der Waals surface area contributed by atoms with E-state index in [1.165, 1.54) is 28.8 Å². The van der Waals surface area contributed by atoms with E-state index in [0.29, 0.717) is 25.3 Å². The second-order valence-electron chi connectivity index (χ2n) is 10.2. The lowest BCUT2D eigenvalue weighted by molar-refractivity contribution is -0.137. The van der Waals surface area contributed by atoms with Gasteiger partial charge in [0.25, 0.3) is 0 Å². The number of nitrogens with zero attached hydrogens (tertiary/aromatic N) is 3. The molecule has 0 bridgehead atoms. The van der Waals surface area contributed by atoms with Gasteiger partial charge in [0.15, 0.2) is 0 Å². The van der Waals surface area contributed by atoms with Crippen LogP contribution in [0.2, 0.25) is 0 Å². The molecule has 8 heteroatoms. The molecule has 3 aliphatic heterocycles. The van der Waals surface area contributed by atoms with Crippen molar-refractivity contribution in [2.45, 2.75) is 56.1 Å². The number of hydrogen-bond donors (Lipinski definition) is 2. The molecule has 1 N–H and O–H groups in total. The third-order valence-corrected chi connectivity index (χ3v) is 8.51. The van der Waals surface area contributed by atoms with E-state index in [4.69, 9.17) is 12.6 Å². The van der Waals surface area contributed by atoms with Crippen LogP contribution < -0.4 is 5.32 Å². The Balaban J connectivity index is 1.11. The molecule has 1 aromatic heterocycles. The van der Waals surface area contributed by atoms with Crippen LogP contribution in [0.15, 0.2) is 48.7 Å². The van der Waals surface area contributed by atoms with E-state index in [-0.39, 0.29) is 29.0 Å². The van der Waals surface area contributed by atoms with Crippen molar-refractivity contribution in [2.75, 3.05) is 13.1 Å². The fourth-order valence-electron chi connectivity index (χ4n) is 6.03. The molecular weight excluding hydrogens is 475 g/mol. The van der Waals surface area contributed by atoms with Gasteiger partial charge in [-0.3, -0.25) is 29.7 Å². The van der Waals surface area contributed by atoms with Gasteiger partial charge < -0.3 is 0 Å². The Morgan fingerprint density at radius 2 is 1.86 bits per heavy atom. The highest BCUT2D eigenvalue weighted by Crippen LogP contribution is 2.40. The van der Waals surface area contributed by atoms with Gasteiger partial charge in [0.2, 0.25) is 11.8 Å². The lowest BCUT2D eigenvalue weighted by Gasteiger charge is -2.33. The predicted octanol–water partition coefficient (Wildman–Crippen LogP) is 4.30. The summed E-state index contributed by atoms with van der Waals surface area (Å²) >= 11 is 4.86. The number of rotatable bonds is 4. The number of imide groups is 1. The minimum atomic E-state index is -0.319. The topological polar surface area (TPSA) is 65.5 Å². The molecule has 36 heavy (non-hydrogen) atoms. The number of thiol groups is 1. The molecule has 6 nitrogen and oxygen atoms in total. The van der Waals surface area contributed by atoms with Gasteiger partial charge in [-0.25, -0.2) is 4.39 Å². The molecule has 0 spiro atoms. The molecule has 2 aromatic carbocycles. The van der Waals surface area contributed by atoms with E-state index in [0.717, 1.165) is 48.9 Å². The number of benzene rings is 2. The highest BCUT2D eigenvalue weighted by Gasteiger charge is 2.39. The first-order chi connectivity index (χ1) is 17.5. The quantitative estimate of drug-likeness (QED) is 0.410. The molecule has 0 aliphatic carbocycles. The number of aromatic nitrogens is 1. The van der Waals surface area contributed by atoms with Gasteiger partial charge in [0, 0.05) is 37.2 Å². The minimum Gasteiger partial charge on any atom is -0.299 e. The number of carbonyl (C=O) groups is 2. The van der Waals surface area contributed by atoms with E-state index in [1.807, 2.05) is 6.07 Å². The van der Waals surface area contributed by atoms with Crippen molar-refractivity contribution in [3.63, 3.8) is 0 Å². The largest absolute Gasteiger partial charge is 0.299 e. The summed E-state index contributed by atoms with van der Waals surface area (Å²) in [6.07, 6.45) is 4.82. The van der Waals surface area contributed by atoms with E-state index in [9.17, 15) is 14.0 Å². The normalized spacial score (nSPS) is 23.7. The van der Waals surface area contributed by atoms with Crippen LogP contribution in [0.4, 0.5) is 4.39 Å². The third-order valence-electron chi connectivity index (χ3n) is 7.94. The molecule has 2 unspecified atom stereocenters. The van der Waals surface area contributed by atoms with Gasteiger partial charge in [-0.1, -0.05) is 18.2 Å². The number of carbonyl (C=O) groups excluding carboxylic acids is 2. The van der Waals surface area contributed by atoms with Crippen LogP contribution in [-0.4, -0.2) is 45.7 Å². The van der Waals surface area contributed by atoms with E-state index >= 15 is 0 Å². The Morgan fingerprint density at radius 3 is 2.67 bits per heavy atom. The molecule has 2 fully saturated rings. The van der Waals surface area contributed by atoms with Gasteiger partial charge in [-0.2, -0.15) is 12.6 Å². The molecule has 3 aliphatic rings. The Hall–Kier alpha value is -2.81. The van der Waals surface area contributed by atoms with Gasteiger partial charge in [-0.15, -0.1) is 0 Å². The molecule has 2 atom stereocenters. The van der Waals surface area contributed by atoms with Crippen LogP contribution in [0.3, 0.4) is 0 Å². The number of amides is 2. The van der Waals surface area contributed by atoms with E-state index in [2.05, 4.69) is 44.4 Å². The number of pyridine rings is 1. The number of fused-ring (bicyclic) bond motifs is 2. The number of halogens is 1. The fourth-order valence-corrected chi connectivity index (χ4v) is 6.51. The summed E-state index contributed by atoms with van der Waals surface area (Å²) < 4.78 is 13.6. The first kappa shape index (κ1) is 23.6. The zero-order chi connectivity index (χ0) is 24.8. The van der Waals surface area contributed by atoms with E-state index in [1.54, 1.807) is 6.20 Å². The van der Waals surface area contributed by atoms with Crippen LogP contribution >= 0.6 is 12.6 Å². The Kier molecular flexibility index (Phi) is 6.27. The Morgan fingerprint density at radius 1 is 1.03 bits per heavy atom. The van der Waals surface area contributed by atoms with Gasteiger partial charge in [0.05, 0.1) is 16.9 Å². The first-order valence-corrected chi connectivity index (χ1v) is 13.1. The Bertz CT molecular complexity index is 1340. The highest BCUT2D eigenvalue weighted by molar-refractivity contribution is 7.80. The molecule has 4 heterocycles. The van der Waals surface area contributed by atoms with Gasteiger partial charge in [0.1, 0.15) is 5.82 Å². The second kappa shape index (κ2) is 9.57. The molecular formula is C28H29FN4O2S. The number of likely N-dealkylation sites (tertiary alicyclic amines) is 1. The molecule has 2 amide bonds. The first-order valence-electron chi connectivity index (χ1n) is 12.6. The fraction of sp³-hybridized carbons (Fsp3) is 0.393. The molecule has 0 radical (unpaired) electrons. The number of hydrogen-bond acceptors (Lipinski definition) is 6. The van der Waals surface area contributed by atoms with Crippen molar-refractivity contribution in [1.82, 2.24) is 20.1 Å². The van der Waals surface area contributed by atoms with Gasteiger partial charge >= 0.3 is 0 Å². The van der Waals surface area contributed by atoms with Crippen molar-refractivity contribution < 1.29 is 14.0 Å². The summed E-state index contributed by atoms with van der Waals surface area (Å²) in [5.74, 6) is -0.213. The summed E-state index contributed by atoms with van der Waals surface area (Å²) in [6.45, 7) is 3.55. The minimum absolute atomic E-state index is 0.153. The van der Waals surface area contributed by atoms with Crippen molar-refractivity contribution in [2.24, 2.45) is 0 Å². The summed E-state index contributed by atoms with van der Waals surface area (Å²) in [4.78, 5) is 32.9. The summed E-state index contributed by atoms with van der Waals surface area (Å²) in [7, 11) is 0. The van der Waals surface area contributed by atoms with Crippen LogP contribution in [0.1, 0.15) is 59.2 Å². The third kappa shape index (κ3) is 4.42. The predicted molar refractivity (Wildman–Crippen MR) is 139 cm³/mol. The van der Waals surface area contributed by atoms with Crippen molar-refractivity contribution >= 4 is 35.3 Å². The second-order valence-corrected chi connectivity index (χ2v) is 10.6. The zero-order valence-corrected chi connectivity index (χ0v) is 20.9. The standard InChI is InChI=1S/C28H29FN4O2S/c29-20-3-4-22-21(7-10-30-24(22)14-20)18-8-11-32(12-9-18)15-17-1-2-19-16-33(28(36)23(19)13-17)25-5-6-26(34)31-27(25)35/h1-4,7,10,13-14,18,25,28,36H,5-6,8-9,11-12,15-16H2,(H,31,34,35). The summed E-state index contributed by atoms with van der Waals surface area (Å²) in [5, 5.41) is 3.37. The van der Waals surface area contributed by atoms with E-state index < -0.39 is 0 Å². The van der Waals surface area contributed by atoms with Crippen molar-refractivity contribution in [1.29, 1.82) is 0 Å². The molecule has 0 saturated carbocycles. The van der Waals surface area contributed by atoms with Crippen LogP contribution in [-0.2, 0) is 22.7 Å². The number of piperidine rings is 2. The molecule has 2 saturated heterocycles. The lowest BCUT2D eigenvalue weighted by Crippen LogP contribution is -2.51. The zero-order valence-electron chi connectivity index (χ0n) is 20.0. The average molecular weight is 505 g/mol. The summed E-state index contributed by atoms with van der Waals surface area (Å²) in [6, 6.07) is 13.2. The average Bonchev–Trinajstić information content (AvgIpc) is 3.19. The van der Waals surface area contributed by atoms with Crippen molar-refractivity contribution in [3.8, 4) is 0 Å². The van der Waals surface area contributed by atoms with Gasteiger partial charge in [-0.05, 0) is 78.7 Å². The maximum Gasteiger partial charge on any atom is 0.243 e. The molecule has 3 aromatic rings. The maximum atomic E-state index is 13.6. The maximum absolute atomic E-state index is 13.6. The van der Waals surface area contributed by atoms with Crippen LogP contribution in [0.5, 0.6) is 0 Å². The SMILES string of the molecule is O=C1CCC(N2Cc3ccc(CN4CCC(c5ccnc6cc(F)ccc56)CC4)cc3C2S)C(=O)N1. The lowest BCUT2D eigenvalue weighted by atomic mass is 9.87. The summed E-state index contributed by atoms with van der Waals surface area (Å²) in [5.41, 5.74) is 5.60. The van der Waals surface area contributed by atoms with Crippen LogP contribution in [0, 0.1) is 5.82 Å². The molecule has 186 valence electrons. The monoisotopic (exact) mass is 504 g/mol. The van der Waals surface area contributed by atoms with Crippen molar-refractivity contribution in [3.05, 3.63) is 76.7 Å². The molecule has 6 rings (SSSR count).